The first-order chi connectivity index (χ1) is 66.8. The molecule has 0 spiro atoms. The molecule has 6 heterocycles. The second-order valence-electron chi connectivity index (χ2n) is 42.0. The third kappa shape index (κ3) is 33.3. The zero-order chi connectivity index (χ0) is 105. The lowest BCUT2D eigenvalue weighted by Crippen LogP contribution is -2.61. The Bertz CT molecular complexity index is 4350. The van der Waals surface area contributed by atoms with Gasteiger partial charge >= 0.3 is 17.9 Å². The van der Waals surface area contributed by atoms with Gasteiger partial charge in [0.1, 0.15) is 71.8 Å². The zero-order valence-electron chi connectivity index (χ0n) is 87.7. The van der Waals surface area contributed by atoms with Crippen LogP contribution < -0.4 is 0 Å². The molecule has 0 aromatic heterocycles. The highest BCUT2D eigenvalue weighted by atomic mass is 16.7. The lowest BCUT2D eigenvalue weighted by atomic mass is 9.78. The number of cyclic esters (lactones) is 2. The van der Waals surface area contributed by atoms with Gasteiger partial charge in [-0.3, -0.25) is 43.2 Å². The number of nitrogens with zero attached hydrogens (tertiary/aromatic N) is 2. The average molecular weight is 1990 g/mol. The molecule has 2 amide bonds. The lowest BCUT2D eigenvalue weighted by Gasteiger charge is -2.42. The summed E-state index contributed by atoms with van der Waals surface area (Å²) in [6, 6.07) is -2.35. The number of hydrogen-bond donors (Lipinski definition) is 7. The van der Waals surface area contributed by atoms with Crippen molar-refractivity contribution in [3.8, 4) is 0 Å². The predicted molar refractivity (Wildman–Crippen MR) is 527 cm³/mol. The number of Topliss-reactive ketones (excluding diaryl/α,β-unsaturated/α-hetero) is 6. The minimum absolute atomic E-state index is 0.00697. The molecule has 32 nitrogen and oxygen atoms in total. The number of ether oxygens (including phenoxy) is 12. The maximum Gasteiger partial charge on any atom is 0.329 e. The first kappa shape index (κ1) is 121. The van der Waals surface area contributed by atoms with Crippen LogP contribution in [-0.2, 0) is 110 Å². The van der Waals surface area contributed by atoms with Crippen LogP contribution in [0.5, 0.6) is 0 Å². The van der Waals surface area contributed by atoms with Crippen LogP contribution in [0, 0.1) is 76.4 Å². The molecule has 4 saturated heterocycles. The summed E-state index contributed by atoms with van der Waals surface area (Å²) in [5.74, 6) is -17.3. The molecule has 8 aliphatic rings. The van der Waals surface area contributed by atoms with Crippen LogP contribution in [0.1, 0.15) is 258 Å². The Labute approximate surface area is 836 Å². The summed E-state index contributed by atoms with van der Waals surface area (Å²) in [6.07, 6.45) is 21.8. The Morgan fingerprint density at radius 2 is 0.858 bits per heavy atom. The number of rotatable bonds is 19. The smallest absolute Gasteiger partial charge is 0.329 e. The number of fused-ring (bicyclic) bond motifs is 6. The number of aliphatic hydroxyl groups excluding tert-OH is 5. The summed E-state index contributed by atoms with van der Waals surface area (Å²) in [7, 11) is 9.01. The number of carbonyl (C=O) groups is 11. The number of amides is 2. The van der Waals surface area contributed by atoms with Crippen molar-refractivity contribution < 1.29 is 145 Å². The van der Waals surface area contributed by atoms with E-state index in [1.54, 1.807) is 81.9 Å². The number of piperidine rings is 2. The molecule has 0 aromatic carbocycles. The van der Waals surface area contributed by atoms with Crippen molar-refractivity contribution in [2.75, 3.05) is 82.2 Å². The lowest BCUT2D eigenvalue weighted by molar-refractivity contribution is -0.265. The van der Waals surface area contributed by atoms with Crippen molar-refractivity contribution >= 4 is 64.4 Å². The Morgan fingerprint density at radius 1 is 0.468 bits per heavy atom. The second kappa shape index (κ2) is 57.7. The molecule has 796 valence electrons. The highest BCUT2D eigenvalue weighted by molar-refractivity contribution is 6.39. The quantitative estimate of drug-likeness (QED) is 0.0273. The van der Waals surface area contributed by atoms with Gasteiger partial charge in [0.15, 0.2) is 11.6 Å². The number of allylic oxidation sites excluding steroid dienone is 12. The van der Waals surface area contributed by atoms with Gasteiger partial charge in [0.2, 0.25) is 11.6 Å². The molecule has 32 heteroatoms. The minimum atomic E-state index is -2.47. The number of esters is 3. The maximum absolute atomic E-state index is 14.5. The Balaban J connectivity index is 0.000000384. The fraction of sp³-hybridized carbons (Fsp3) is 0.752. The Kier molecular flexibility index (Phi) is 49.3. The maximum atomic E-state index is 14.5. The van der Waals surface area contributed by atoms with E-state index in [9.17, 15) is 88.5 Å². The Morgan fingerprint density at radius 3 is 1.23 bits per heavy atom. The van der Waals surface area contributed by atoms with Crippen LogP contribution in [0.15, 0.2) is 95.2 Å². The van der Waals surface area contributed by atoms with Gasteiger partial charge in [0.05, 0.1) is 69.2 Å². The van der Waals surface area contributed by atoms with Gasteiger partial charge in [-0.25, -0.2) is 9.59 Å². The molecule has 4 bridgehead atoms. The summed E-state index contributed by atoms with van der Waals surface area (Å²) in [5.41, 5.74) is 0.987. The van der Waals surface area contributed by atoms with E-state index in [0.717, 1.165) is 22.5 Å². The molecule has 8 rings (SSSR count). The van der Waals surface area contributed by atoms with Gasteiger partial charge in [-0.15, -0.1) is 0 Å². The first-order valence-electron chi connectivity index (χ1n) is 51.4. The van der Waals surface area contributed by atoms with Crippen LogP contribution >= 0.6 is 0 Å². The van der Waals surface area contributed by atoms with Gasteiger partial charge in [-0.2, -0.15) is 0 Å². The SMILES string of the molecule is CO[C@H]1C[C@@H]2CC[C@@H](C)[C@@](O)(O2)C(=O)C(=O)N2CCCC[C@H]2C(=O)O[C@H]([C@H](C)C[C@@H]2CC[C@@H](OC(=O)C(C)(CO)CO)[C@H](OC)C2)CC(=O)[C@H](C)/C=C(\C)[C@@H](O)[C@@H](OC)C(=O)[C@H](C)C[C@H](C)/C=C/C=CC=C1C.CO[C@H]1C[C@H]2CC[C@@H](C)[C@@](O)(O2)C(=O)C(=O)N2CCCC[C@H]2C(=O)O[C@H]([C@@H](C)C[C@@H]2CC[C@H](OCCO)[C@H](OC)C2)CC(=O)[C@H](C)/C=C(\C)[C@@H](O)[C@H](OC)C(=O)[C@H](C)C[C@H](C)/C=C/C=CC=C1C. The van der Waals surface area contributed by atoms with Crippen LogP contribution in [0.2, 0.25) is 0 Å². The molecule has 30 atom stereocenters. The van der Waals surface area contributed by atoms with Gasteiger partial charge in [0.25, 0.3) is 23.4 Å². The molecule has 0 radical (unpaired) electrons. The fourth-order valence-corrected chi connectivity index (χ4v) is 21.2. The summed E-state index contributed by atoms with van der Waals surface area (Å²) < 4.78 is 71.0. The second-order valence-corrected chi connectivity index (χ2v) is 42.0. The molecule has 7 N–H and O–H groups in total. The van der Waals surface area contributed by atoms with Crippen LogP contribution in [-0.4, -0.2) is 301 Å². The van der Waals surface area contributed by atoms with Gasteiger partial charge in [-0.1, -0.05) is 142 Å². The molecule has 6 aliphatic heterocycles. The van der Waals surface area contributed by atoms with Crippen molar-refractivity contribution in [1.82, 2.24) is 9.80 Å². The summed E-state index contributed by atoms with van der Waals surface area (Å²) >= 11 is 0. The molecule has 0 unspecified atom stereocenters. The van der Waals surface area contributed by atoms with Crippen LogP contribution in [0.25, 0.3) is 0 Å². The van der Waals surface area contributed by atoms with Crippen LogP contribution in [0.3, 0.4) is 0 Å². The highest BCUT2D eigenvalue weighted by Crippen LogP contribution is 2.43. The van der Waals surface area contributed by atoms with E-state index in [1.165, 1.54) is 33.2 Å². The normalized spacial score (nSPS) is 37.1. The van der Waals surface area contributed by atoms with Crippen molar-refractivity contribution in [1.29, 1.82) is 0 Å². The fourth-order valence-electron chi connectivity index (χ4n) is 21.2. The van der Waals surface area contributed by atoms with Gasteiger partial charge in [-0.05, 0) is 221 Å². The number of hydrogen-bond acceptors (Lipinski definition) is 30. The van der Waals surface area contributed by atoms with Crippen molar-refractivity contribution in [2.24, 2.45) is 76.4 Å². The van der Waals surface area contributed by atoms with E-state index in [0.29, 0.717) is 133 Å². The van der Waals surface area contributed by atoms with Crippen molar-refractivity contribution in [2.45, 2.75) is 367 Å². The number of methoxy groups -OCH3 is 6. The van der Waals surface area contributed by atoms with E-state index in [2.05, 4.69) is 0 Å². The molecule has 141 heavy (non-hydrogen) atoms. The highest BCUT2D eigenvalue weighted by Gasteiger charge is 2.56. The van der Waals surface area contributed by atoms with Gasteiger partial charge in [0, 0.05) is 117 Å². The molecule has 0 aromatic rings. The van der Waals surface area contributed by atoms with E-state index in [4.69, 9.17) is 56.8 Å². The summed E-state index contributed by atoms with van der Waals surface area (Å²) in [4.78, 5) is 158. The summed E-state index contributed by atoms with van der Waals surface area (Å²) in [6.45, 7) is 25.6. The number of ketones is 6. The molecule has 2 aliphatic carbocycles. The van der Waals surface area contributed by atoms with E-state index >= 15 is 0 Å². The number of carbonyl (C=O) groups excluding carboxylic acids is 11. The summed E-state index contributed by atoms with van der Waals surface area (Å²) in [5, 5.41) is 75.9. The van der Waals surface area contributed by atoms with Gasteiger partial charge < -0.3 is 102 Å². The van der Waals surface area contributed by atoms with E-state index in [1.807, 2.05) is 109 Å². The first-order valence-corrected chi connectivity index (χ1v) is 51.4. The molecule has 6 fully saturated rings. The molecule has 2 saturated carbocycles. The third-order valence-electron chi connectivity index (χ3n) is 30.8. The monoisotopic (exact) mass is 1990 g/mol. The zero-order valence-corrected chi connectivity index (χ0v) is 87.7. The number of aliphatic hydroxyl groups is 7. The standard InChI is InChI=1S/C56H87NO16.C53H83NO14/c1-33-17-13-12-14-18-34(2)45(68-9)29-41-22-20-39(7)56(67,73-41)51(63)52(64)57-24-16-15-19-42(57)53(65)71-46(30-43(60)35(3)26-38(6)49(62)50(70-11)48(61)37(5)25-33)36(4)27-40-21-23-44(47(28-40)69-10)72-54(66)55(8,31-58)32-59;1-32-16-12-11-13-17-33(2)44(63-8)30-40-21-19-38(7)53(62,68-40)50(59)51(60)54-23-15-14-18-41(54)52(61)67-45(35(4)28-39-20-22-43(66-25-24-55)46(29-39)64-9)31-42(56)34(3)27-37(6)48(58)49(65-10)47(57)36(5)26-32/h12-14,17-18,26,33,35-37,39-42,44-47,49-50,58-59,62,67H,15-16,19-25,27-32H2,1-11H3;11-13,16-17,27,32,34-36,38-41,43-46,48-49,55,58,62H,14-15,18-26,28-31H2,1-10H3/b14-12?,17-13+,34-18?,38-26+;13-11?,16-12+,33-17?,37-27+/t33-,35-,36-,37-,39-,40+,41+,42+,44-,45+,46+,47-,49-,50+,56-;32-,34-,35+,36-,38-,39+,40-,41+,43+,44+,45+,46-,48-,49-,53-/m11/s1. The third-order valence-corrected chi connectivity index (χ3v) is 30.8. The molecular formula is C109H170N2O30. The van der Waals surface area contributed by atoms with E-state index < -0.39 is 198 Å². The van der Waals surface area contributed by atoms with E-state index in [-0.39, 0.29) is 117 Å². The predicted octanol–water partition coefficient (Wildman–Crippen LogP) is 11.9. The largest absolute Gasteiger partial charge is 0.460 e. The topological polar surface area (TPSA) is 447 Å². The Hall–Kier alpha value is -7.35. The van der Waals surface area contributed by atoms with Crippen LogP contribution in [0.4, 0.5) is 0 Å². The van der Waals surface area contributed by atoms with Crippen molar-refractivity contribution in [3.63, 3.8) is 0 Å². The van der Waals surface area contributed by atoms with Crippen molar-refractivity contribution in [3.05, 3.63) is 95.2 Å². The minimum Gasteiger partial charge on any atom is -0.460 e. The average Bonchev–Trinajstić information content (AvgIpc) is 0.838. The molecular weight excluding hydrogens is 1820 g/mol.